The topological polar surface area (TPSA) is 17.8 Å². The molecule has 1 aliphatic rings. The Morgan fingerprint density at radius 3 is 2.69 bits per heavy atom. The molecule has 0 spiro atoms. The fraction of sp³-hybridized carbons (Fsp3) is 0.727. The molecule has 0 saturated heterocycles. The van der Waals surface area contributed by atoms with E-state index in [1.54, 1.807) is 0 Å². The molecule has 0 radical (unpaired) electrons. The number of aromatic nitrogens is 2. The maximum absolute atomic E-state index is 4.34. The Labute approximate surface area is 80.0 Å². The minimum atomic E-state index is 0.511. The summed E-state index contributed by atoms with van der Waals surface area (Å²) in [6.07, 6.45) is 7.43. The molecule has 0 bridgehead atoms. The molecule has 0 N–H and O–H groups in total. The van der Waals surface area contributed by atoms with Crippen molar-refractivity contribution in [1.29, 1.82) is 0 Å². The van der Waals surface area contributed by atoms with Crippen LogP contribution in [0.25, 0.3) is 0 Å². The van der Waals surface area contributed by atoms with E-state index < -0.39 is 0 Å². The lowest BCUT2D eigenvalue weighted by Gasteiger charge is -2.23. The summed E-state index contributed by atoms with van der Waals surface area (Å²) < 4.78 is 2.14. The number of aryl methyl sites for hydroxylation is 1. The Kier molecular flexibility index (Phi) is 2.14. The van der Waals surface area contributed by atoms with Crippen LogP contribution in [-0.4, -0.2) is 9.78 Å². The first-order chi connectivity index (χ1) is 6.20. The van der Waals surface area contributed by atoms with Crippen LogP contribution in [0.3, 0.4) is 0 Å². The molecule has 0 atom stereocenters. The lowest BCUT2D eigenvalue weighted by atomic mass is 9.89. The van der Waals surface area contributed by atoms with Gasteiger partial charge in [-0.3, -0.25) is 4.68 Å². The highest BCUT2D eigenvalue weighted by atomic mass is 15.3. The molecule has 1 saturated carbocycles. The summed E-state index contributed by atoms with van der Waals surface area (Å²) in [6, 6.07) is 2.08. The molecule has 2 heteroatoms. The molecule has 0 unspecified atom stereocenters. The third kappa shape index (κ3) is 1.77. The Bertz CT molecular complexity index is 282. The van der Waals surface area contributed by atoms with Gasteiger partial charge in [-0.1, -0.05) is 19.8 Å². The Balaban J connectivity index is 2.09. The molecule has 0 aliphatic heterocycles. The highest BCUT2D eigenvalue weighted by Gasteiger charge is 2.29. The second-order valence-corrected chi connectivity index (χ2v) is 4.65. The monoisotopic (exact) mass is 178 g/mol. The van der Waals surface area contributed by atoms with Gasteiger partial charge in [0.15, 0.2) is 0 Å². The average Bonchev–Trinajstić information content (AvgIpc) is 2.64. The van der Waals surface area contributed by atoms with Gasteiger partial charge in [0.05, 0.1) is 0 Å². The summed E-state index contributed by atoms with van der Waals surface area (Å²) in [6.45, 7) is 5.62. The normalized spacial score (nSPS) is 20.8. The maximum Gasteiger partial charge on any atom is 0.0492 e. The summed E-state index contributed by atoms with van der Waals surface area (Å²) >= 11 is 0. The SMILES string of the molecule is Cc1ccnn1CC1(C)CCCC1. The van der Waals surface area contributed by atoms with Gasteiger partial charge < -0.3 is 0 Å². The molecule has 1 aromatic rings. The van der Waals surface area contributed by atoms with E-state index in [9.17, 15) is 0 Å². The van der Waals surface area contributed by atoms with Crippen LogP contribution < -0.4 is 0 Å². The Hall–Kier alpha value is -0.790. The minimum Gasteiger partial charge on any atom is -0.269 e. The summed E-state index contributed by atoms with van der Waals surface area (Å²) in [5, 5.41) is 4.34. The largest absolute Gasteiger partial charge is 0.269 e. The summed E-state index contributed by atoms with van der Waals surface area (Å²) in [4.78, 5) is 0. The zero-order chi connectivity index (χ0) is 9.31. The van der Waals surface area contributed by atoms with Crippen molar-refractivity contribution >= 4 is 0 Å². The lowest BCUT2D eigenvalue weighted by molar-refractivity contribution is 0.265. The van der Waals surface area contributed by atoms with Crippen LogP contribution in [0.15, 0.2) is 12.3 Å². The van der Waals surface area contributed by atoms with Crippen molar-refractivity contribution < 1.29 is 0 Å². The average molecular weight is 178 g/mol. The van der Waals surface area contributed by atoms with Gasteiger partial charge in [0, 0.05) is 18.4 Å². The van der Waals surface area contributed by atoms with E-state index in [4.69, 9.17) is 0 Å². The number of hydrogen-bond acceptors (Lipinski definition) is 1. The molecule has 1 aliphatic carbocycles. The van der Waals surface area contributed by atoms with E-state index in [0.29, 0.717) is 5.41 Å². The fourth-order valence-corrected chi connectivity index (χ4v) is 2.31. The minimum absolute atomic E-state index is 0.511. The van der Waals surface area contributed by atoms with Crippen LogP contribution in [0.2, 0.25) is 0 Å². The van der Waals surface area contributed by atoms with Gasteiger partial charge in [-0.15, -0.1) is 0 Å². The molecular formula is C11H18N2. The molecule has 2 nitrogen and oxygen atoms in total. The quantitative estimate of drug-likeness (QED) is 0.681. The van der Waals surface area contributed by atoms with Gasteiger partial charge in [0.25, 0.3) is 0 Å². The maximum atomic E-state index is 4.34. The Morgan fingerprint density at radius 2 is 2.15 bits per heavy atom. The first kappa shape index (κ1) is 8.79. The van der Waals surface area contributed by atoms with Crippen LogP contribution in [0.5, 0.6) is 0 Å². The van der Waals surface area contributed by atoms with E-state index >= 15 is 0 Å². The molecular weight excluding hydrogens is 160 g/mol. The third-order valence-corrected chi connectivity index (χ3v) is 3.27. The van der Waals surface area contributed by atoms with Crippen molar-refractivity contribution in [1.82, 2.24) is 9.78 Å². The van der Waals surface area contributed by atoms with Gasteiger partial charge in [-0.05, 0) is 31.2 Å². The van der Waals surface area contributed by atoms with E-state index in [-0.39, 0.29) is 0 Å². The van der Waals surface area contributed by atoms with Gasteiger partial charge in [-0.2, -0.15) is 5.10 Å². The number of hydrogen-bond donors (Lipinski definition) is 0. The van der Waals surface area contributed by atoms with Crippen LogP contribution in [0.1, 0.15) is 38.3 Å². The standard InChI is InChI=1S/C11H18N2/c1-10-5-8-12-13(10)9-11(2)6-3-4-7-11/h5,8H,3-4,6-7,9H2,1-2H3. The number of rotatable bonds is 2. The summed E-state index contributed by atoms with van der Waals surface area (Å²) in [5.41, 5.74) is 1.80. The fourth-order valence-electron chi connectivity index (χ4n) is 2.31. The van der Waals surface area contributed by atoms with Crippen LogP contribution in [0.4, 0.5) is 0 Å². The van der Waals surface area contributed by atoms with E-state index in [0.717, 1.165) is 6.54 Å². The van der Waals surface area contributed by atoms with Crippen molar-refractivity contribution in [3.8, 4) is 0 Å². The summed E-state index contributed by atoms with van der Waals surface area (Å²) in [7, 11) is 0. The first-order valence-electron chi connectivity index (χ1n) is 5.18. The Morgan fingerprint density at radius 1 is 1.46 bits per heavy atom. The number of nitrogens with zero attached hydrogens (tertiary/aromatic N) is 2. The second-order valence-electron chi connectivity index (χ2n) is 4.65. The zero-order valence-electron chi connectivity index (χ0n) is 8.58. The first-order valence-corrected chi connectivity index (χ1v) is 5.18. The predicted octanol–water partition coefficient (Wildman–Crippen LogP) is 2.77. The van der Waals surface area contributed by atoms with Gasteiger partial charge in [-0.25, -0.2) is 0 Å². The predicted molar refractivity (Wildman–Crippen MR) is 53.5 cm³/mol. The molecule has 1 fully saturated rings. The summed E-state index contributed by atoms with van der Waals surface area (Å²) in [5.74, 6) is 0. The lowest BCUT2D eigenvalue weighted by Crippen LogP contribution is -2.21. The molecule has 2 rings (SSSR count). The highest BCUT2D eigenvalue weighted by Crippen LogP contribution is 2.38. The molecule has 13 heavy (non-hydrogen) atoms. The van der Waals surface area contributed by atoms with Gasteiger partial charge in [0.2, 0.25) is 0 Å². The van der Waals surface area contributed by atoms with E-state index in [2.05, 4.69) is 29.7 Å². The van der Waals surface area contributed by atoms with Gasteiger partial charge >= 0.3 is 0 Å². The van der Waals surface area contributed by atoms with Crippen molar-refractivity contribution in [3.63, 3.8) is 0 Å². The van der Waals surface area contributed by atoms with E-state index in [1.165, 1.54) is 31.4 Å². The van der Waals surface area contributed by atoms with Crippen molar-refractivity contribution in [3.05, 3.63) is 18.0 Å². The zero-order valence-corrected chi connectivity index (χ0v) is 8.58. The van der Waals surface area contributed by atoms with Crippen molar-refractivity contribution in [2.45, 2.75) is 46.1 Å². The van der Waals surface area contributed by atoms with Crippen molar-refractivity contribution in [2.75, 3.05) is 0 Å². The molecule has 72 valence electrons. The molecule has 0 aromatic carbocycles. The van der Waals surface area contributed by atoms with Crippen LogP contribution in [-0.2, 0) is 6.54 Å². The van der Waals surface area contributed by atoms with Gasteiger partial charge in [0.1, 0.15) is 0 Å². The highest BCUT2D eigenvalue weighted by molar-refractivity contribution is 4.97. The molecule has 0 amide bonds. The van der Waals surface area contributed by atoms with E-state index in [1.807, 2.05) is 6.20 Å². The molecule has 1 heterocycles. The third-order valence-electron chi connectivity index (χ3n) is 3.27. The van der Waals surface area contributed by atoms with Crippen LogP contribution >= 0.6 is 0 Å². The smallest absolute Gasteiger partial charge is 0.0492 e. The van der Waals surface area contributed by atoms with Crippen molar-refractivity contribution in [2.24, 2.45) is 5.41 Å². The molecule has 1 aromatic heterocycles. The second kappa shape index (κ2) is 3.17. The van der Waals surface area contributed by atoms with Crippen LogP contribution in [0, 0.1) is 12.3 Å².